The predicted molar refractivity (Wildman–Crippen MR) is 96.7 cm³/mol. The first-order chi connectivity index (χ1) is 11.4. The Morgan fingerprint density at radius 2 is 1.92 bits per heavy atom. The first-order valence-electron chi connectivity index (χ1n) is 8.49. The molecule has 5 heteroatoms. The van der Waals surface area contributed by atoms with E-state index in [4.69, 9.17) is 4.98 Å². The van der Waals surface area contributed by atoms with Crippen molar-refractivity contribution in [3.05, 3.63) is 42.1 Å². The topological polar surface area (TPSA) is 55.6 Å². The molecule has 124 valence electrons. The minimum absolute atomic E-state index is 0.0677. The summed E-state index contributed by atoms with van der Waals surface area (Å²) in [4.78, 5) is 13.8. The lowest BCUT2D eigenvalue weighted by atomic mass is 9.96. The summed E-state index contributed by atoms with van der Waals surface area (Å²) >= 11 is 0. The fourth-order valence-electron chi connectivity index (χ4n) is 2.94. The van der Waals surface area contributed by atoms with Crippen molar-refractivity contribution in [1.82, 2.24) is 19.5 Å². The van der Waals surface area contributed by atoms with E-state index in [0.717, 1.165) is 22.8 Å². The quantitative estimate of drug-likeness (QED) is 0.782. The summed E-state index contributed by atoms with van der Waals surface area (Å²) in [5.41, 5.74) is 3.15. The molecule has 4 rings (SSSR count). The largest absolute Gasteiger partial charge is 0.340 e. The summed E-state index contributed by atoms with van der Waals surface area (Å²) in [6, 6.07) is 8.20. The molecule has 0 amide bonds. The first-order valence-corrected chi connectivity index (χ1v) is 8.49. The Balaban J connectivity index is 1.65. The molecular weight excluding hydrogens is 298 g/mol. The summed E-state index contributed by atoms with van der Waals surface area (Å²) in [6.45, 7) is 6.35. The van der Waals surface area contributed by atoms with Gasteiger partial charge >= 0.3 is 0 Å². The van der Waals surface area contributed by atoms with E-state index in [-0.39, 0.29) is 5.41 Å². The number of nitrogens with zero attached hydrogens (tertiary/aromatic N) is 4. The lowest BCUT2D eigenvalue weighted by Crippen LogP contribution is -2.16. The second-order valence-corrected chi connectivity index (χ2v) is 7.65. The molecule has 1 aromatic carbocycles. The van der Waals surface area contributed by atoms with Crippen molar-refractivity contribution in [3.8, 4) is 0 Å². The summed E-state index contributed by atoms with van der Waals surface area (Å²) in [7, 11) is 2.11. The Hall–Kier alpha value is -2.43. The van der Waals surface area contributed by atoms with Crippen LogP contribution in [-0.2, 0) is 12.5 Å². The zero-order valence-corrected chi connectivity index (χ0v) is 14.7. The number of hydrogen-bond donors (Lipinski definition) is 1. The highest BCUT2D eigenvalue weighted by molar-refractivity contribution is 5.81. The van der Waals surface area contributed by atoms with Crippen LogP contribution in [0.5, 0.6) is 0 Å². The molecule has 1 aliphatic carbocycles. The van der Waals surface area contributed by atoms with Crippen molar-refractivity contribution in [1.29, 1.82) is 0 Å². The highest BCUT2D eigenvalue weighted by atomic mass is 15.1. The lowest BCUT2D eigenvalue weighted by Gasteiger charge is -2.17. The fraction of sp³-hybridized carbons (Fsp3) is 0.421. The number of aromatic nitrogens is 4. The minimum Gasteiger partial charge on any atom is -0.340 e. The number of benzene rings is 1. The number of imidazole rings is 1. The van der Waals surface area contributed by atoms with Gasteiger partial charge in [-0.1, -0.05) is 20.8 Å². The molecule has 0 saturated heterocycles. The van der Waals surface area contributed by atoms with Crippen LogP contribution in [0.15, 0.2) is 30.5 Å². The molecule has 5 nitrogen and oxygen atoms in total. The molecule has 0 spiro atoms. The second kappa shape index (κ2) is 5.30. The van der Waals surface area contributed by atoms with Gasteiger partial charge in [0.1, 0.15) is 17.5 Å². The van der Waals surface area contributed by atoms with E-state index in [9.17, 15) is 0 Å². The van der Waals surface area contributed by atoms with E-state index in [1.165, 1.54) is 24.2 Å². The Morgan fingerprint density at radius 3 is 2.62 bits per heavy atom. The molecule has 2 heterocycles. The summed E-state index contributed by atoms with van der Waals surface area (Å²) < 4.78 is 2.22. The monoisotopic (exact) mass is 321 g/mol. The van der Waals surface area contributed by atoms with E-state index < -0.39 is 0 Å². The predicted octanol–water partition coefficient (Wildman–Crippen LogP) is 4.28. The first kappa shape index (κ1) is 15.1. The number of nitrogens with one attached hydrogen (secondary N) is 1. The van der Waals surface area contributed by atoms with Crippen molar-refractivity contribution in [3.63, 3.8) is 0 Å². The average molecular weight is 321 g/mol. The molecule has 3 aromatic rings. The molecule has 1 saturated carbocycles. The van der Waals surface area contributed by atoms with Gasteiger partial charge < -0.3 is 9.88 Å². The van der Waals surface area contributed by atoms with Gasteiger partial charge in [0.05, 0.1) is 11.0 Å². The van der Waals surface area contributed by atoms with Gasteiger partial charge in [-0.05, 0) is 37.1 Å². The van der Waals surface area contributed by atoms with E-state index in [0.29, 0.717) is 5.92 Å². The molecule has 0 aliphatic heterocycles. The third-order valence-corrected chi connectivity index (χ3v) is 4.46. The highest BCUT2D eigenvalue weighted by Gasteiger charge is 2.28. The maximum atomic E-state index is 4.82. The zero-order valence-electron chi connectivity index (χ0n) is 14.7. The number of hydrogen-bond acceptors (Lipinski definition) is 4. The molecule has 1 fully saturated rings. The van der Waals surface area contributed by atoms with Gasteiger partial charge in [0, 0.05) is 30.3 Å². The molecule has 1 aliphatic rings. The molecule has 0 atom stereocenters. The molecule has 0 unspecified atom stereocenters. The van der Waals surface area contributed by atoms with Crippen LogP contribution in [0.1, 0.15) is 51.2 Å². The van der Waals surface area contributed by atoms with Gasteiger partial charge in [-0.15, -0.1) is 0 Å². The SMILES string of the molecule is Cn1c(C2CC2)nc2cc(Nc3ccnc(C(C)(C)C)n3)ccc21. The van der Waals surface area contributed by atoms with Crippen LogP contribution in [0.25, 0.3) is 11.0 Å². The second-order valence-electron chi connectivity index (χ2n) is 7.65. The van der Waals surface area contributed by atoms with Gasteiger partial charge in [0.2, 0.25) is 0 Å². The van der Waals surface area contributed by atoms with Gasteiger partial charge in [-0.3, -0.25) is 0 Å². The molecule has 0 bridgehead atoms. The Bertz CT molecular complexity index is 900. The van der Waals surface area contributed by atoms with Gasteiger partial charge in [-0.2, -0.15) is 0 Å². The molecular formula is C19H23N5. The van der Waals surface area contributed by atoms with Crippen LogP contribution in [-0.4, -0.2) is 19.5 Å². The van der Waals surface area contributed by atoms with Crippen LogP contribution in [0.2, 0.25) is 0 Å². The molecule has 1 N–H and O–H groups in total. The molecule has 0 radical (unpaired) electrons. The Morgan fingerprint density at radius 1 is 1.12 bits per heavy atom. The Kier molecular flexibility index (Phi) is 3.34. The fourth-order valence-corrected chi connectivity index (χ4v) is 2.94. The van der Waals surface area contributed by atoms with Crippen LogP contribution in [0, 0.1) is 0 Å². The van der Waals surface area contributed by atoms with Gasteiger partial charge in [0.15, 0.2) is 0 Å². The number of rotatable bonds is 3. The number of fused-ring (bicyclic) bond motifs is 1. The van der Waals surface area contributed by atoms with E-state index >= 15 is 0 Å². The highest BCUT2D eigenvalue weighted by Crippen LogP contribution is 2.40. The van der Waals surface area contributed by atoms with E-state index in [1.807, 2.05) is 6.07 Å². The van der Waals surface area contributed by atoms with Crippen LogP contribution < -0.4 is 5.32 Å². The average Bonchev–Trinajstić information content (AvgIpc) is 3.32. The van der Waals surface area contributed by atoms with Crippen molar-refractivity contribution in [2.45, 2.75) is 44.9 Å². The standard InChI is InChI=1S/C19H23N5/c1-19(2,3)18-20-10-9-16(23-18)21-13-7-8-15-14(11-13)22-17(24(15)4)12-5-6-12/h7-12H,5-6H2,1-4H3,(H,20,21,23). The van der Waals surface area contributed by atoms with E-state index in [1.54, 1.807) is 6.20 Å². The van der Waals surface area contributed by atoms with Crippen molar-refractivity contribution in [2.24, 2.45) is 7.05 Å². The lowest BCUT2D eigenvalue weighted by molar-refractivity contribution is 0.546. The maximum absolute atomic E-state index is 4.82. The Labute approximate surface area is 142 Å². The minimum atomic E-state index is -0.0677. The zero-order chi connectivity index (χ0) is 16.9. The van der Waals surface area contributed by atoms with Crippen molar-refractivity contribution >= 4 is 22.5 Å². The van der Waals surface area contributed by atoms with Gasteiger partial charge in [-0.25, -0.2) is 15.0 Å². The van der Waals surface area contributed by atoms with Gasteiger partial charge in [0.25, 0.3) is 0 Å². The van der Waals surface area contributed by atoms with Crippen molar-refractivity contribution < 1.29 is 0 Å². The van der Waals surface area contributed by atoms with Crippen LogP contribution in [0.4, 0.5) is 11.5 Å². The van der Waals surface area contributed by atoms with Crippen LogP contribution in [0.3, 0.4) is 0 Å². The summed E-state index contributed by atoms with van der Waals surface area (Å²) in [6.07, 6.45) is 4.33. The summed E-state index contributed by atoms with van der Waals surface area (Å²) in [5, 5.41) is 3.38. The number of aryl methyl sites for hydroxylation is 1. The third-order valence-electron chi connectivity index (χ3n) is 4.46. The smallest absolute Gasteiger partial charge is 0.135 e. The molecule has 24 heavy (non-hydrogen) atoms. The number of anilines is 2. The maximum Gasteiger partial charge on any atom is 0.135 e. The van der Waals surface area contributed by atoms with Crippen LogP contribution >= 0.6 is 0 Å². The normalized spacial score (nSPS) is 15.0. The summed E-state index contributed by atoms with van der Waals surface area (Å²) in [5.74, 6) is 3.50. The van der Waals surface area contributed by atoms with E-state index in [2.05, 4.69) is 65.9 Å². The molecule has 2 aromatic heterocycles. The van der Waals surface area contributed by atoms with Crippen molar-refractivity contribution in [2.75, 3.05) is 5.32 Å². The third kappa shape index (κ3) is 2.75.